The molecular weight excluding hydrogens is 313 g/mol. The Kier molecular flexibility index (Phi) is 5.36. The number of carbonyl (C=O) groups excluding carboxylic acids is 1. The van der Waals surface area contributed by atoms with E-state index in [1.54, 1.807) is 12.1 Å². The van der Waals surface area contributed by atoms with E-state index in [4.69, 9.17) is 23.2 Å². The molecule has 5 nitrogen and oxygen atoms in total. The van der Waals surface area contributed by atoms with Gasteiger partial charge in [-0.25, -0.2) is 14.8 Å². The van der Waals surface area contributed by atoms with Crippen molar-refractivity contribution in [3.05, 3.63) is 51.9 Å². The number of benzene rings is 1. The van der Waals surface area contributed by atoms with E-state index in [0.717, 1.165) is 12.0 Å². The van der Waals surface area contributed by atoms with Crippen LogP contribution >= 0.6 is 23.2 Å². The van der Waals surface area contributed by atoms with Crippen LogP contribution in [0.1, 0.15) is 16.1 Å². The molecule has 0 aliphatic rings. The number of hydrogen-bond donors (Lipinski definition) is 1. The van der Waals surface area contributed by atoms with Crippen molar-refractivity contribution in [3.8, 4) is 0 Å². The summed E-state index contributed by atoms with van der Waals surface area (Å²) in [6, 6.07) is 5.40. The van der Waals surface area contributed by atoms with Crippen molar-refractivity contribution < 1.29 is 9.53 Å². The van der Waals surface area contributed by atoms with Gasteiger partial charge in [0.05, 0.1) is 19.5 Å². The molecule has 1 N–H and O–H groups in total. The lowest BCUT2D eigenvalue weighted by Gasteiger charge is -2.07. The Bertz CT molecular complexity index is 633. The zero-order valence-electron chi connectivity index (χ0n) is 11.3. The van der Waals surface area contributed by atoms with Crippen LogP contribution in [-0.2, 0) is 11.2 Å². The summed E-state index contributed by atoms with van der Waals surface area (Å²) < 4.78 is 4.55. The minimum atomic E-state index is -0.512. The molecule has 1 aromatic carbocycles. The lowest BCUT2D eigenvalue weighted by molar-refractivity contribution is 0.0593. The fourth-order valence-corrected chi connectivity index (χ4v) is 2.18. The number of ether oxygens (including phenoxy) is 1. The SMILES string of the molecule is COC(=O)c1cnc(NCCc2ccc(Cl)cc2Cl)cn1. The average Bonchev–Trinajstić information content (AvgIpc) is 2.49. The molecular formula is C14H13Cl2N3O2. The molecule has 0 unspecified atom stereocenters. The highest BCUT2D eigenvalue weighted by atomic mass is 35.5. The van der Waals surface area contributed by atoms with Crippen LogP contribution in [0.2, 0.25) is 10.0 Å². The van der Waals surface area contributed by atoms with E-state index in [9.17, 15) is 4.79 Å². The minimum Gasteiger partial charge on any atom is -0.464 e. The van der Waals surface area contributed by atoms with Crippen molar-refractivity contribution in [2.75, 3.05) is 19.0 Å². The first-order valence-electron chi connectivity index (χ1n) is 6.18. The van der Waals surface area contributed by atoms with E-state index in [1.165, 1.54) is 19.5 Å². The molecule has 0 aliphatic carbocycles. The Morgan fingerprint density at radius 2 is 2.10 bits per heavy atom. The maximum Gasteiger partial charge on any atom is 0.358 e. The van der Waals surface area contributed by atoms with Gasteiger partial charge < -0.3 is 10.1 Å². The molecule has 2 rings (SSSR count). The van der Waals surface area contributed by atoms with E-state index >= 15 is 0 Å². The molecule has 0 aliphatic heterocycles. The number of rotatable bonds is 5. The predicted octanol–water partition coefficient (Wildman–Crippen LogP) is 3.22. The summed E-state index contributed by atoms with van der Waals surface area (Å²) in [7, 11) is 1.30. The molecule has 0 atom stereocenters. The Hall–Kier alpha value is -1.85. The molecule has 7 heteroatoms. The molecule has 1 aromatic heterocycles. The van der Waals surface area contributed by atoms with Crippen LogP contribution in [0.4, 0.5) is 5.82 Å². The van der Waals surface area contributed by atoms with Gasteiger partial charge in [-0.1, -0.05) is 29.3 Å². The fourth-order valence-electron chi connectivity index (χ4n) is 1.68. The molecule has 0 amide bonds. The lowest BCUT2D eigenvalue weighted by Crippen LogP contribution is -2.09. The number of halogens is 2. The summed E-state index contributed by atoms with van der Waals surface area (Å²) in [5.74, 6) is 0.0646. The minimum absolute atomic E-state index is 0.170. The van der Waals surface area contributed by atoms with Gasteiger partial charge in [-0.3, -0.25) is 0 Å². The first-order chi connectivity index (χ1) is 10.1. The first-order valence-corrected chi connectivity index (χ1v) is 6.94. The van der Waals surface area contributed by atoms with Gasteiger partial charge >= 0.3 is 5.97 Å². The second-order valence-corrected chi connectivity index (χ2v) is 5.03. The van der Waals surface area contributed by atoms with Crippen molar-refractivity contribution >= 4 is 35.0 Å². The number of esters is 1. The van der Waals surface area contributed by atoms with Crippen LogP contribution in [0.5, 0.6) is 0 Å². The highest BCUT2D eigenvalue weighted by Gasteiger charge is 2.07. The summed E-state index contributed by atoms with van der Waals surface area (Å²) >= 11 is 11.9. The van der Waals surface area contributed by atoms with E-state index in [0.29, 0.717) is 22.4 Å². The zero-order chi connectivity index (χ0) is 15.2. The molecule has 0 saturated carbocycles. The molecule has 0 radical (unpaired) electrons. The smallest absolute Gasteiger partial charge is 0.358 e. The number of methoxy groups -OCH3 is 1. The quantitative estimate of drug-likeness (QED) is 0.855. The summed E-state index contributed by atoms with van der Waals surface area (Å²) in [6.07, 6.45) is 3.57. The van der Waals surface area contributed by atoms with Crippen molar-refractivity contribution in [2.24, 2.45) is 0 Å². The van der Waals surface area contributed by atoms with Gasteiger partial charge in [0.2, 0.25) is 0 Å². The monoisotopic (exact) mass is 325 g/mol. The fraction of sp³-hybridized carbons (Fsp3) is 0.214. The number of nitrogens with one attached hydrogen (secondary N) is 1. The van der Waals surface area contributed by atoms with Crippen LogP contribution in [0.3, 0.4) is 0 Å². The third-order valence-corrected chi connectivity index (χ3v) is 3.35. The Morgan fingerprint density at radius 1 is 1.29 bits per heavy atom. The van der Waals surface area contributed by atoms with E-state index in [1.807, 2.05) is 6.07 Å². The van der Waals surface area contributed by atoms with E-state index < -0.39 is 5.97 Å². The number of aromatic nitrogens is 2. The predicted molar refractivity (Wildman–Crippen MR) is 82.0 cm³/mol. The standard InChI is InChI=1S/C14H13Cl2N3O2/c1-21-14(20)12-7-19-13(8-18-12)17-5-4-9-2-3-10(15)6-11(9)16/h2-3,6-8H,4-5H2,1H3,(H,17,19). The summed E-state index contributed by atoms with van der Waals surface area (Å²) in [6.45, 7) is 0.633. The van der Waals surface area contributed by atoms with Crippen LogP contribution < -0.4 is 5.32 Å². The summed E-state index contributed by atoms with van der Waals surface area (Å²) in [5, 5.41) is 4.35. The molecule has 21 heavy (non-hydrogen) atoms. The highest BCUT2D eigenvalue weighted by Crippen LogP contribution is 2.21. The van der Waals surface area contributed by atoms with Crippen LogP contribution in [0.15, 0.2) is 30.6 Å². The normalized spacial score (nSPS) is 10.2. The van der Waals surface area contributed by atoms with Gasteiger partial charge in [-0.2, -0.15) is 0 Å². The number of nitrogens with zero attached hydrogens (tertiary/aromatic N) is 2. The van der Waals surface area contributed by atoms with Gasteiger partial charge in [-0.05, 0) is 24.1 Å². The molecule has 1 heterocycles. The maximum absolute atomic E-state index is 11.2. The third kappa shape index (κ3) is 4.31. The molecule has 0 fully saturated rings. The Labute approximate surface area is 132 Å². The number of anilines is 1. The Morgan fingerprint density at radius 3 is 2.71 bits per heavy atom. The number of carbonyl (C=O) groups is 1. The second kappa shape index (κ2) is 7.24. The summed E-state index contributed by atoms with van der Waals surface area (Å²) in [5.41, 5.74) is 1.16. The van der Waals surface area contributed by atoms with Crippen molar-refractivity contribution in [2.45, 2.75) is 6.42 Å². The Balaban J connectivity index is 1.90. The van der Waals surface area contributed by atoms with Crippen LogP contribution in [0.25, 0.3) is 0 Å². The lowest BCUT2D eigenvalue weighted by atomic mass is 10.1. The highest BCUT2D eigenvalue weighted by molar-refractivity contribution is 6.35. The molecule has 110 valence electrons. The van der Waals surface area contributed by atoms with Crippen molar-refractivity contribution in [1.29, 1.82) is 0 Å². The van der Waals surface area contributed by atoms with E-state index in [2.05, 4.69) is 20.0 Å². The molecule has 0 saturated heterocycles. The van der Waals surface area contributed by atoms with Gasteiger partial charge in [0.25, 0.3) is 0 Å². The zero-order valence-corrected chi connectivity index (χ0v) is 12.8. The second-order valence-electron chi connectivity index (χ2n) is 4.19. The van der Waals surface area contributed by atoms with Gasteiger partial charge in [0.1, 0.15) is 5.82 Å². The van der Waals surface area contributed by atoms with E-state index in [-0.39, 0.29) is 5.69 Å². The summed E-state index contributed by atoms with van der Waals surface area (Å²) in [4.78, 5) is 19.3. The first kappa shape index (κ1) is 15.5. The largest absolute Gasteiger partial charge is 0.464 e. The third-order valence-electron chi connectivity index (χ3n) is 2.76. The van der Waals surface area contributed by atoms with Gasteiger partial charge in [0.15, 0.2) is 5.69 Å². The topological polar surface area (TPSA) is 64.1 Å². The van der Waals surface area contributed by atoms with Crippen molar-refractivity contribution in [1.82, 2.24) is 9.97 Å². The van der Waals surface area contributed by atoms with Crippen LogP contribution in [-0.4, -0.2) is 29.6 Å². The van der Waals surface area contributed by atoms with Gasteiger partial charge in [0, 0.05) is 16.6 Å². The molecule has 2 aromatic rings. The van der Waals surface area contributed by atoms with Crippen LogP contribution in [0, 0.1) is 0 Å². The molecule has 0 bridgehead atoms. The maximum atomic E-state index is 11.2. The van der Waals surface area contributed by atoms with Crippen molar-refractivity contribution in [3.63, 3.8) is 0 Å². The average molecular weight is 326 g/mol. The van der Waals surface area contributed by atoms with Gasteiger partial charge in [-0.15, -0.1) is 0 Å². The molecule has 0 spiro atoms. The number of hydrogen-bond acceptors (Lipinski definition) is 5.